The summed E-state index contributed by atoms with van der Waals surface area (Å²) in [5, 5.41) is 17.6. The normalized spacial score (nSPS) is 10.6. The molecule has 8 nitrogen and oxygen atoms in total. The molecular weight excluding hydrogens is 292 g/mol. The summed E-state index contributed by atoms with van der Waals surface area (Å²) in [5.41, 5.74) is 0. The van der Waals surface area contributed by atoms with Crippen LogP contribution in [0.4, 0.5) is 0 Å². The third-order valence-electron chi connectivity index (χ3n) is 1.11. The molecule has 0 saturated carbocycles. The first kappa shape index (κ1) is 32.2. The minimum absolute atomic E-state index is 0. The van der Waals surface area contributed by atoms with Gasteiger partial charge in [-0.15, -0.1) is 0 Å². The number of carbonyl (C=O) groups is 4. The van der Waals surface area contributed by atoms with Gasteiger partial charge in [0.15, 0.2) is 12.2 Å². The molecule has 0 fully saturated rings. The van der Waals surface area contributed by atoms with Gasteiger partial charge in [-0.05, 0) is 0 Å². The maximum absolute atomic E-state index is 10.5. The number of aliphatic hydroxyl groups excluding tert-OH is 2. The monoisotopic (exact) mass is 302 g/mol. The molecule has 0 rings (SSSR count). The van der Waals surface area contributed by atoms with E-state index >= 15 is 0 Å². The molecule has 0 saturated heterocycles. The van der Waals surface area contributed by atoms with Crippen molar-refractivity contribution in [1.29, 1.82) is 0 Å². The van der Waals surface area contributed by atoms with Gasteiger partial charge in [0.25, 0.3) is 0 Å². The molecule has 0 spiro atoms. The standard InChI is InChI=1S/C6H6O8.4Na.4H/c7-1-13-5(11)3(9)4(10)6(12)14-2-8;;;;;;;;/h1-4,9-10H;;;;;;;;. The summed E-state index contributed by atoms with van der Waals surface area (Å²) in [6.07, 6.45) is -4.57. The Balaban J connectivity index is -0.000000141. The van der Waals surface area contributed by atoms with E-state index in [9.17, 15) is 19.2 Å². The number of ether oxygens (including phenoxy) is 2. The number of esters is 2. The van der Waals surface area contributed by atoms with Gasteiger partial charge >= 0.3 is 143 Å². The van der Waals surface area contributed by atoms with Crippen LogP contribution in [0, 0.1) is 0 Å². The molecule has 2 unspecified atom stereocenters. The third-order valence-corrected chi connectivity index (χ3v) is 1.11. The number of carbonyl (C=O) groups excluding carboxylic acids is 4. The van der Waals surface area contributed by atoms with Crippen molar-refractivity contribution in [3.05, 3.63) is 0 Å². The zero-order valence-electron chi connectivity index (χ0n) is 6.65. The zero-order valence-corrected chi connectivity index (χ0v) is 6.65. The van der Waals surface area contributed by atoms with Crippen LogP contribution < -0.4 is 0 Å². The van der Waals surface area contributed by atoms with Crippen LogP contribution in [0.1, 0.15) is 0 Å². The van der Waals surface area contributed by atoms with Crippen LogP contribution in [0.15, 0.2) is 0 Å². The number of rotatable bonds is 5. The van der Waals surface area contributed by atoms with Gasteiger partial charge in [0.2, 0.25) is 0 Å². The Morgan fingerprint density at radius 1 is 0.778 bits per heavy atom. The molecule has 0 bridgehead atoms. The molecule has 0 aromatic heterocycles. The van der Waals surface area contributed by atoms with Gasteiger partial charge in [0.05, 0.1) is 0 Å². The first-order chi connectivity index (χ1) is 6.54. The molecule has 2 N–H and O–H groups in total. The molecule has 0 aliphatic carbocycles. The van der Waals surface area contributed by atoms with E-state index in [0.717, 1.165) is 0 Å². The Morgan fingerprint density at radius 3 is 1.17 bits per heavy atom. The van der Waals surface area contributed by atoms with E-state index in [1.807, 2.05) is 0 Å². The van der Waals surface area contributed by atoms with Gasteiger partial charge in [-0.1, -0.05) is 0 Å². The van der Waals surface area contributed by atoms with Crippen molar-refractivity contribution in [2.75, 3.05) is 0 Å². The van der Waals surface area contributed by atoms with E-state index in [1.54, 1.807) is 0 Å². The van der Waals surface area contributed by atoms with Gasteiger partial charge < -0.3 is 19.7 Å². The van der Waals surface area contributed by atoms with E-state index in [2.05, 4.69) is 9.47 Å². The summed E-state index contributed by atoms with van der Waals surface area (Å²) in [4.78, 5) is 40.3. The third kappa shape index (κ3) is 13.2. The minimum atomic E-state index is -2.28. The average Bonchev–Trinajstić information content (AvgIpc) is 2.16. The number of aliphatic hydroxyl groups is 2. The predicted octanol–water partition coefficient (Wildman–Crippen LogP) is -5.49. The van der Waals surface area contributed by atoms with E-state index in [-0.39, 0.29) is 131 Å². The van der Waals surface area contributed by atoms with Crippen LogP contribution in [-0.2, 0) is 28.7 Å². The second kappa shape index (κ2) is 19.2. The van der Waals surface area contributed by atoms with Gasteiger partial charge in [0, 0.05) is 0 Å². The summed E-state index contributed by atoms with van der Waals surface area (Å²) >= 11 is 0. The molecule has 2 atom stereocenters. The van der Waals surface area contributed by atoms with Crippen molar-refractivity contribution in [1.82, 2.24) is 0 Å². The topological polar surface area (TPSA) is 127 Å². The van der Waals surface area contributed by atoms with Gasteiger partial charge in [-0.2, -0.15) is 0 Å². The van der Waals surface area contributed by atoms with Crippen LogP contribution >= 0.6 is 0 Å². The first-order valence-corrected chi connectivity index (χ1v) is 3.19. The first-order valence-electron chi connectivity index (χ1n) is 3.19. The second-order valence-electron chi connectivity index (χ2n) is 1.96. The van der Waals surface area contributed by atoms with Crippen LogP contribution in [0.25, 0.3) is 0 Å². The molecular formula is C6H10Na4O8. The summed E-state index contributed by atoms with van der Waals surface area (Å²) < 4.78 is 7.25. The Labute approximate surface area is 191 Å². The molecule has 0 heterocycles. The van der Waals surface area contributed by atoms with Crippen LogP contribution in [0.3, 0.4) is 0 Å². The quantitative estimate of drug-likeness (QED) is 0.223. The van der Waals surface area contributed by atoms with Crippen molar-refractivity contribution in [2.24, 2.45) is 0 Å². The van der Waals surface area contributed by atoms with Crippen molar-refractivity contribution < 1.29 is 38.9 Å². The van der Waals surface area contributed by atoms with Crippen molar-refractivity contribution in [2.45, 2.75) is 12.2 Å². The Kier molecular flexibility index (Phi) is 34.4. The Hall–Kier alpha value is 2.20. The maximum atomic E-state index is 10.5. The molecule has 0 amide bonds. The molecule has 12 heteroatoms. The molecule has 0 aromatic carbocycles. The van der Waals surface area contributed by atoms with Crippen LogP contribution in [0.2, 0.25) is 0 Å². The fourth-order valence-corrected chi connectivity index (χ4v) is 0.492. The molecule has 18 heavy (non-hydrogen) atoms. The van der Waals surface area contributed by atoms with E-state index in [4.69, 9.17) is 10.2 Å². The fraction of sp³-hybridized carbons (Fsp3) is 0.333. The van der Waals surface area contributed by atoms with Crippen molar-refractivity contribution in [3.8, 4) is 0 Å². The molecule has 86 valence electrons. The Bertz CT molecular complexity index is 234. The SMILES string of the molecule is O=COC(=O)C(O)C(O)C(=O)OC=O.[NaH].[NaH].[NaH].[NaH]. The zero-order chi connectivity index (χ0) is 11.1. The Morgan fingerprint density at radius 2 is 1.00 bits per heavy atom. The molecule has 0 radical (unpaired) electrons. The van der Waals surface area contributed by atoms with E-state index < -0.39 is 24.1 Å². The van der Waals surface area contributed by atoms with E-state index in [1.165, 1.54) is 0 Å². The summed E-state index contributed by atoms with van der Waals surface area (Å²) in [7, 11) is 0. The van der Waals surface area contributed by atoms with Crippen molar-refractivity contribution in [3.63, 3.8) is 0 Å². The van der Waals surface area contributed by atoms with Gasteiger partial charge in [0.1, 0.15) is 0 Å². The second-order valence-corrected chi connectivity index (χ2v) is 1.96. The van der Waals surface area contributed by atoms with E-state index in [0.29, 0.717) is 0 Å². The van der Waals surface area contributed by atoms with Crippen molar-refractivity contribution >= 4 is 143 Å². The molecule has 0 aromatic rings. The fourth-order valence-electron chi connectivity index (χ4n) is 0.492. The summed E-state index contributed by atoms with van der Waals surface area (Å²) in [5.74, 6) is -3.06. The predicted molar refractivity (Wildman–Crippen MR) is 64.9 cm³/mol. The average molecular weight is 302 g/mol. The summed E-state index contributed by atoms with van der Waals surface area (Å²) in [6.45, 7) is -0.577. The molecule has 0 aliphatic heterocycles. The summed E-state index contributed by atoms with van der Waals surface area (Å²) in [6, 6.07) is 0. The van der Waals surface area contributed by atoms with Crippen LogP contribution in [0.5, 0.6) is 0 Å². The molecule has 0 aliphatic rings. The van der Waals surface area contributed by atoms with Crippen LogP contribution in [-0.4, -0.2) is 166 Å². The van der Waals surface area contributed by atoms with Gasteiger partial charge in [-0.3, -0.25) is 9.59 Å². The van der Waals surface area contributed by atoms with Gasteiger partial charge in [-0.25, -0.2) is 9.59 Å². The number of hydrogen-bond acceptors (Lipinski definition) is 8. The number of hydrogen-bond donors (Lipinski definition) is 2.